The van der Waals surface area contributed by atoms with Gasteiger partial charge in [0.2, 0.25) is 0 Å². The number of benzene rings is 3. The number of hydrogen-bond donors (Lipinski definition) is 2. The third-order valence-corrected chi connectivity index (χ3v) is 5.35. The topological polar surface area (TPSA) is 95.9 Å². The van der Waals surface area contributed by atoms with Crippen molar-refractivity contribution in [3.8, 4) is 5.75 Å². The molecule has 0 radical (unpaired) electrons. The van der Waals surface area contributed by atoms with Gasteiger partial charge >= 0.3 is 12.0 Å². The second-order valence-corrected chi connectivity index (χ2v) is 7.93. The Hall–Kier alpha value is -3.81. The van der Waals surface area contributed by atoms with Gasteiger partial charge in [-0.2, -0.15) is 0 Å². The molecular weight excluding hydrogens is 467 g/mol. The first-order valence-corrected chi connectivity index (χ1v) is 10.4. The molecule has 2 N–H and O–H groups in total. The monoisotopic (exact) mass is 482 g/mol. The fourth-order valence-electron chi connectivity index (χ4n) is 3.21. The molecule has 7 nitrogen and oxygen atoms in total. The van der Waals surface area contributed by atoms with Gasteiger partial charge in [-0.1, -0.05) is 41.4 Å². The van der Waals surface area contributed by atoms with Crippen LogP contribution < -0.4 is 15.0 Å². The number of urea groups is 1. The van der Waals surface area contributed by atoms with Crippen LogP contribution in [0.5, 0.6) is 5.75 Å². The van der Waals surface area contributed by atoms with Gasteiger partial charge in [0.1, 0.15) is 18.1 Å². The van der Waals surface area contributed by atoms with Gasteiger partial charge in [0.25, 0.3) is 5.91 Å². The fraction of sp³-hybridized carbons (Fsp3) is 0.0417. The van der Waals surface area contributed by atoms with Crippen molar-refractivity contribution in [3.05, 3.63) is 99.2 Å². The van der Waals surface area contributed by atoms with Crippen molar-refractivity contribution in [1.29, 1.82) is 0 Å². The second kappa shape index (κ2) is 9.36. The summed E-state index contributed by atoms with van der Waals surface area (Å²) < 4.78 is 5.70. The van der Waals surface area contributed by atoms with Crippen molar-refractivity contribution in [2.24, 2.45) is 0 Å². The van der Waals surface area contributed by atoms with Gasteiger partial charge < -0.3 is 15.2 Å². The Morgan fingerprint density at radius 3 is 2.48 bits per heavy atom. The Morgan fingerprint density at radius 2 is 1.79 bits per heavy atom. The van der Waals surface area contributed by atoms with Crippen molar-refractivity contribution in [2.75, 3.05) is 4.90 Å². The van der Waals surface area contributed by atoms with E-state index in [1.165, 1.54) is 18.2 Å². The molecule has 0 atom stereocenters. The number of ether oxygens (including phenoxy) is 1. The van der Waals surface area contributed by atoms with Crippen molar-refractivity contribution in [2.45, 2.75) is 6.61 Å². The summed E-state index contributed by atoms with van der Waals surface area (Å²) in [5.74, 6) is -1.13. The number of amides is 3. The lowest BCUT2D eigenvalue weighted by Crippen LogP contribution is -2.30. The molecule has 0 spiro atoms. The minimum Gasteiger partial charge on any atom is -0.487 e. The number of hydrogen-bond acceptors (Lipinski definition) is 4. The lowest BCUT2D eigenvalue weighted by atomic mass is 10.1. The predicted molar refractivity (Wildman–Crippen MR) is 125 cm³/mol. The molecule has 1 aliphatic rings. The maximum atomic E-state index is 12.7. The first-order valence-electron chi connectivity index (χ1n) is 9.69. The van der Waals surface area contributed by atoms with Crippen LogP contribution in [0.1, 0.15) is 21.5 Å². The van der Waals surface area contributed by atoms with Gasteiger partial charge in [-0.25, -0.2) is 14.5 Å². The third kappa shape index (κ3) is 5.00. The SMILES string of the molecule is O=C(O)c1cccc(COc2ccc(C=C3NC(=O)N(c4ccc(Cl)cc4)C3=O)cc2Cl)c1. The molecule has 0 aromatic heterocycles. The normalized spacial score (nSPS) is 14.5. The molecular formula is C24H16Cl2N2O5. The zero-order chi connectivity index (χ0) is 23.5. The average Bonchev–Trinajstić information content (AvgIpc) is 3.07. The molecule has 0 saturated carbocycles. The van der Waals surface area contributed by atoms with E-state index >= 15 is 0 Å². The zero-order valence-corrected chi connectivity index (χ0v) is 18.4. The van der Waals surface area contributed by atoms with Crippen LogP contribution in [0.2, 0.25) is 10.0 Å². The van der Waals surface area contributed by atoms with Crippen LogP contribution >= 0.6 is 23.2 Å². The number of carbonyl (C=O) groups excluding carboxylic acids is 2. The van der Waals surface area contributed by atoms with Crippen LogP contribution in [0.3, 0.4) is 0 Å². The smallest absolute Gasteiger partial charge is 0.335 e. The molecule has 0 unspecified atom stereocenters. The van der Waals surface area contributed by atoms with E-state index in [2.05, 4.69) is 5.32 Å². The van der Waals surface area contributed by atoms with E-state index in [1.807, 2.05) is 0 Å². The molecule has 9 heteroatoms. The van der Waals surface area contributed by atoms with Gasteiger partial charge in [0.05, 0.1) is 16.3 Å². The molecule has 33 heavy (non-hydrogen) atoms. The number of rotatable bonds is 6. The van der Waals surface area contributed by atoms with Crippen molar-refractivity contribution >= 4 is 52.9 Å². The summed E-state index contributed by atoms with van der Waals surface area (Å²) in [5, 5.41) is 12.4. The van der Waals surface area contributed by atoms with Gasteiger partial charge in [0.15, 0.2) is 0 Å². The maximum absolute atomic E-state index is 12.7. The summed E-state index contributed by atoms with van der Waals surface area (Å²) in [6.07, 6.45) is 1.52. The van der Waals surface area contributed by atoms with E-state index in [9.17, 15) is 14.4 Å². The first kappa shape index (κ1) is 22.4. The molecule has 0 aliphatic carbocycles. The number of nitrogens with zero attached hydrogens (tertiary/aromatic N) is 1. The number of aromatic carboxylic acids is 1. The Balaban J connectivity index is 1.48. The summed E-state index contributed by atoms with van der Waals surface area (Å²) in [7, 11) is 0. The van der Waals surface area contributed by atoms with E-state index in [4.69, 9.17) is 33.0 Å². The highest BCUT2D eigenvalue weighted by molar-refractivity contribution is 6.32. The number of halogens is 2. The van der Waals surface area contributed by atoms with E-state index < -0.39 is 17.9 Å². The first-order chi connectivity index (χ1) is 15.8. The Bertz CT molecular complexity index is 1290. The molecule has 3 amide bonds. The van der Waals surface area contributed by atoms with Crippen LogP contribution in [-0.2, 0) is 11.4 Å². The van der Waals surface area contributed by atoms with E-state index in [0.717, 1.165) is 4.90 Å². The van der Waals surface area contributed by atoms with Crippen molar-refractivity contribution in [3.63, 3.8) is 0 Å². The van der Waals surface area contributed by atoms with Gasteiger partial charge in [-0.3, -0.25) is 4.79 Å². The molecule has 0 bridgehead atoms. The summed E-state index contributed by atoms with van der Waals surface area (Å²) >= 11 is 12.2. The Morgan fingerprint density at radius 1 is 1.03 bits per heavy atom. The van der Waals surface area contributed by atoms with E-state index in [1.54, 1.807) is 54.6 Å². The van der Waals surface area contributed by atoms with Gasteiger partial charge in [-0.05, 0) is 65.7 Å². The number of anilines is 1. The summed E-state index contributed by atoms with van der Waals surface area (Å²) in [6.45, 7) is 0.131. The highest BCUT2D eigenvalue weighted by Gasteiger charge is 2.34. The number of carboxylic acids is 1. The van der Waals surface area contributed by atoms with E-state index in [0.29, 0.717) is 32.6 Å². The molecule has 3 aromatic rings. The summed E-state index contributed by atoms with van der Waals surface area (Å²) in [4.78, 5) is 37.2. The molecule has 1 saturated heterocycles. The molecule has 166 valence electrons. The second-order valence-electron chi connectivity index (χ2n) is 7.09. The quantitative estimate of drug-likeness (QED) is 0.363. The van der Waals surface area contributed by atoms with Crippen LogP contribution in [0.4, 0.5) is 10.5 Å². The molecule has 1 heterocycles. The number of carbonyl (C=O) groups is 3. The van der Waals surface area contributed by atoms with Crippen LogP contribution in [0.25, 0.3) is 6.08 Å². The largest absolute Gasteiger partial charge is 0.487 e. The van der Waals surface area contributed by atoms with Crippen molar-refractivity contribution < 1.29 is 24.2 Å². The molecule has 4 rings (SSSR count). The maximum Gasteiger partial charge on any atom is 0.335 e. The predicted octanol–water partition coefficient (Wildman–Crippen LogP) is 5.37. The highest BCUT2D eigenvalue weighted by atomic mass is 35.5. The lowest BCUT2D eigenvalue weighted by Gasteiger charge is -2.11. The van der Waals surface area contributed by atoms with Gasteiger partial charge in [-0.15, -0.1) is 0 Å². The summed E-state index contributed by atoms with van der Waals surface area (Å²) in [6, 6.07) is 17.1. The number of carboxylic acid groups (broad SMARTS) is 1. The number of imide groups is 1. The van der Waals surface area contributed by atoms with Gasteiger partial charge in [0, 0.05) is 5.02 Å². The molecule has 3 aromatic carbocycles. The average molecular weight is 483 g/mol. The van der Waals surface area contributed by atoms with Crippen LogP contribution in [0.15, 0.2) is 72.4 Å². The summed E-state index contributed by atoms with van der Waals surface area (Å²) in [5.41, 5.74) is 1.94. The molecule has 1 aliphatic heterocycles. The zero-order valence-electron chi connectivity index (χ0n) is 16.9. The minimum atomic E-state index is -1.02. The highest BCUT2D eigenvalue weighted by Crippen LogP contribution is 2.29. The lowest BCUT2D eigenvalue weighted by molar-refractivity contribution is -0.113. The van der Waals surface area contributed by atoms with Crippen molar-refractivity contribution in [1.82, 2.24) is 5.32 Å². The fourth-order valence-corrected chi connectivity index (χ4v) is 3.58. The van der Waals surface area contributed by atoms with E-state index in [-0.39, 0.29) is 17.9 Å². The van der Waals surface area contributed by atoms with Crippen LogP contribution in [-0.4, -0.2) is 23.0 Å². The Kier molecular flexibility index (Phi) is 6.35. The van der Waals surface area contributed by atoms with Crippen LogP contribution in [0, 0.1) is 0 Å². The minimum absolute atomic E-state index is 0.102. The number of nitrogens with one attached hydrogen (secondary N) is 1. The molecule has 1 fully saturated rings. The Labute approximate surface area is 198 Å². The standard InChI is InChI=1S/C24H16Cl2N2O5/c25-17-5-7-18(8-6-17)28-22(29)20(27-24(28)32)12-14-4-9-21(19(26)11-14)33-13-15-2-1-3-16(10-15)23(30)31/h1-12H,13H2,(H,27,32)(H,30,31). The third-order valence-electron chi connectivity index (χ3n) is 4.80.